The van der Waals surface area contributed by atoms with E-state index in [4.69, 9.17) is 0 Å². The zero-order valence-corrected chi connectivity index (χ0v) is 15.0. The molecule has 5 nitrogen and oxygen atoms in total. The van der Waals surface area contributed by atoms with Crippen molar-refractivity contribution in [1.29, 1.82) is 0 Å². The Morgan fingerprint density at radius 2 is 2.00 bits per heavy atom. The summed E-state index contributed by atoms with van der Waals surface area (Å²) in [6.07, 6.45) is 6.36. The van der Waals surface area contributed by atoms with E-state index in [9.17, 15) is 9.59 Å². The maximum atomic E-state index is 12.8. The Balaban J connectivity index is 1.63. The Morgan fingerprint density at radius 1 is 1.25 bits per heavy atom. The van der Waals surface area contributed by atoms with E-state index in [-0.39, 0.29) is 23.1 Å². The average Bonchev–Trinajstić information content (AvgIpc) is 2.76. The number of thiophene rings is 1. The number of piperidine rings is 1. The molecule has 6 heteroatoms. The van der Waals surface area contributed by atoms with Gasteiger partial charge in [-0.1, -0.05) is 0 Å². The Bertz CT molecular complexity index is 846. The molecule has 1 amide bonds. The van der Waals surface area contributed by atoms with Crippen LogP contribution >= 0.6 is 11.3 Å². The van der Waals surface area contributed by atoms with Crippen LogP contribution < -0.4 is 10.7 Å². The lowest BCUT2D eigenvalue weighted by Gasteiger charge is -2.32. The quantitative estimate of drug-likeness (QED) is 0.910. The van der Waals surface area contributed by atoms with Crippen molar-refractivity contribution in [2.75, 3.05) is 13.1 Å². The molecule has 0 aliphatic carbocycles. The summed E-state index contributed by atoms with van der Waals surface area (Å²) in [5, 5.41) is 3.12. The highest BCUT2D eigenvalue weighted by molar-refractivity contribution is 7.18. The first kappa shape index (κ1) is 15.8. The van der Waals surface area contributed by atoms with Crippen LogP contribution in [0.4, 0.5) is 0 Å². The number of pyridine rings is 1. The lowest BCUT2D eigenvalue weighted by molar-refractivity contribution is 0.0834. The van der Waals surface area contributed by atoms with Crippen LogP contribution in [0.1, 0.15) is 40.9 Å². The normalized spacial score (nSPS) is 26.5. The van der Waals surface area contributed by atoms with E-state index < -0.39 is 0 Å². The number of nitrogens with one attached hydrogen (secondary N) is 1. The van der Waals surface area contributed by atoms with Crippen LogP contribution in [0.3, 0.4) is 0 Å². The maximum absolute atomic E-state index is 12.8. The highest BCUT2D eigenvalue weighted by atomic mass is 32.1. The van der Waals surface area contributed by atoms with E-state index in [1.54, 1.807) is 6.20 Å². The van der Waals surface area contributed by atoms with Gasteiger partial charge in [0.05, 0.1) is 16.4 Å². The van der Waals surface area contributed by atoms with Gasteiger partial charge in [-0.2, -0.15) is 0 Å². The zero-order chi connectivity index (χ0) is 16.8. The molecule has 5 heterocycles. The van der Waals surface area contributed by atoms with Crippen LogP contribution in [0.2, 0.25) is 0 Å². The molecule has 3 aliphatic rings. The fraction of sp³-hybridized carbons (Fsp3) is 0.556. The molecule has 3 aliphatic heterocycles. The summed E-state index contributed by atoms with van der Waals surface area (Å²) in [7, 11) is 1.89. The summed E-state index contributed by atoms with van der Waals surface area (Å²) in [5.74, 6) is 0.570. The summed E-state index contributed by atoms with van der Waals surface area (Å²) < 4.78 is 2.55. The molecule has 2 bridgehead atoms. The molecule has 0 aromatic carbocycles. The second-order valence-electron chi connectivity index (χ2n) is 7.10. The minimum atomic E-state index is -0.237. The predicted molar refractivity (Wildman–Crippen MR) is 96.6 cm³/mol. The van der Waals surface area contributed by atoms with E-state index in [1.807, 2.05) is 24.6 Å². The van der Waals surface area contributed by atoms with E-state index in [0.717, 1.165) is 35.8 Å². The third-order valence-electron chi connectivity index (χ3n) is 5.47. The van der Waals surface area contributed by atoms with Crippen molar-refractivity contribution in [2.24, 2.45) is 13.0 Å². The molecule has 3 saturated heterocycles. The first-order chi connectivity index (χ1) is 11.5. The number of carbonyl (C=O) groups is 1. The predicted octanol–water partition coefficient (Wildman–Crippen LogP) is 2.47. The van der Waals surface area contributed by atoms with Crippen molar-refractivity contribution < 1.29 is 4.79 Å². The monoisotopic (exact) mass is 345 g/mol. The van der Waals surface area contributed by atoms with Gasteiger partial charge >= 0.3 is 0 Å². The standard InChI is InChI=1S/C18H23N3O2S/c1-11-9-14-17(24-11)16(22)13(10-20(14)2)18(23)19-15-4-3-12-5-7-21(15)8-6-12/h9-10,12,15H,3-8H2,1-2H3,(H,19,23). The molecular weight excluding hydrogens is 322 g/mol. The summed E-state index contributed by atoms with van der Waals surface area (Å²) in [5.41, 5.74) is 1.01. The van der Waals surface area contributed by atoms with Crippen LogP contribution in [0.5, 0.6) is 0 Å². The number of amides is 1. The van der Waals surface area contributed by atoms with Gasteiger partial charge in [0.1, 0.15) is 5.56 Å². The van der Waals surface area contributed by atoms with E-state index in [0.29, 0.717) is 4.70 Å². The van der Waals surface area contributed by atoms with Gasteiger partial charge in [0.25, 0.3) is 5.91 Å². The second-order valence-corrected chi connectivity index (χ2v) is 8.36. The van der Waals surface area contributed by atoms with Gasteiger partial charge in [-0.3, -0.25) is 14.5 Å². The van der Waals surface area contributed by atoms with Crippen LogP contribution in [0.25, 0.3) is 10.2 Å². The molecule has 24 heavy (non-hydrogen) atoms. The summed E-state index contributed by atoms with van der Waals surface area (Å²) >= 11 is 1.46. The number of rotatable bonds is 2. The first-order valence-electron chi connectivity index (χ1n) is 8.67. The van der Waals surface area contributed by atoms with Gasteiger partial charge in [0.15, 0.2) is 0 Å². The largest absolute Gasteiger partial charge is 0.349 e. The van der Waals surface area contributed by atoms with Gasteiger partial charge < -0.3 is 9.88 Å². The number of fused-ring (bicyclic) bond motifs is 5. The summed E-state index contributed by atoms with van der Waals surface area (Å²) in [6.45, 7) is 4.09. The van der Waals surface area contributed by atoms with Crippen molar-refractivity contribution >= 4 is 27.5 Å². The Hall–Kier alpha value is -1.66. The summed E-state index contributed by atoms with van der Waals surface area (Å²) in [6, 6.07) is 2.00. The molecule has 2 aromatic heterocycles. The SMILES string of the molecule is Cc1cc2c(s1)c(=O)c(C(=O)NC1CCC3CCN1CC3)cn2C. The fourth-order valence-electron chi connectivity index (χ4n) is 4.05. The molecule has 128 valence electrons. The topological polar surface area (TPSA) is 54.3 Å². The van der Waals surface area contributed by atoms with Gasteiger partial charge in [0, 0.05) is 31.2 Å². The lowest BCUT2D eigenvalue weighted by Crippen LogP contribution is -2.49. The van der Waals surface area contributed by atoms with Gasteiger partial charge in [0.2, 0.25) is 5.43 Å². The van der Waals surface area contributed by atoms with Gasteiger partial charge in [-0.05, 0) is 44.6 Å². The molecule has 1 atom stereocenters. The molecule has 0 saturated carbocycles. The van der Waals surface area contributed by atoms with Crippen molar-refractivity contribution in [2.45, 2.75) is 38.8 Å². The smallest absolute Gasteiger partial charge is 0.258 e. The maximum Gasteiger partial charge on any atom is 0.258 e. The van der Waals surface area contributed by atoms with Crippen molar-refractivity contribution in [3.05, 3.63) is 32.9 Å². The van der Waals surface area contributed by atoms with Crippen LogP contribution in [0, 0.1) is 12.8 Å². The minimum Gasteiger partial charge on any atom is -0.349 e. The number of aromatic nitrogens is 1. The highest BCUT2D eigenvalue weighted by Gasteiger charge is 2.31. The van der Waals surface area contributed by atoms with Crippen LogP contribution in [-0.2, 0) is 7.05 Å². The van der Waals surface area contributed by atoms with E-state index in [1.165, 1.54) is 30.6 Å². The molecule has 2 aromatic rings. The average molecular weight is 345 g/mol. The van der Waals surface area contributed by atoms with Crippen LogP contribution in [-0.4, -0.2) is 34.6 Å². The molecule has 0 spiro atoms. The molecular formula is C18H23N3O2S. The molecule has 5 rings (SSSR count). The molecule has 1 unspecified atom stereocenters. The Morgan fingerprint density at radius 3 is 2.75 bits per heavy atom. The number of nitrogens with zero attached hydrogens (tertiary/aromatic N) is 2. The van der Waals surface area contributed by atoms with Crippen molar-refractivity contribution in [3.8, 4) is 0 Å². The number of hydrogen-bond donors (Lipinski definition) is 1. The number of hydrogen-bond acceptors (Lipinski definition) is 4. The van der Waals surface area contributed by atoms with Crippen LogP contribution in [0.15, 0.2) is 17.1 Å². The van der Waals surface area contributed by atoms with Crippen molar-refractivity contribution in [1.82, 2.24) is 14.8 Å². The van der Waals surface area contributed by atoms with E-state index in [2.05, 4.69) is 10.2 Å². The first-order valence-corrected chi connectivity index (χ1v) is 9.49. The molecule has 3 fully saturated rings. The van der Waals surface area contributed by atoms with Gasteiger partial charge in [-0.15, -0.1) is 11.3 Å². The third kappa shape index (κ3) is 2.67. The Labute approximate surface area is 145 Å². The Kier molecular flexibility index (Phi) is 3.96. The third-order valence-corrected chi connectivity index (χ3v) is 6.51. The fourth-order valence-corrected chi connectivity index (χ4v) is 5.06. The number of carbonyl (C=O) groups excluding carboxylic acids is 1. The number of aryl methyl sites for hydroxylation is 2. The second kappa shape index (κ2) is 6.01. The highest BCUT2D eigenvalue weighted by Crippen LogP contribution is 2.29. The lowest BCUT2D eigenvalue weighted by atomic mass is 9.95. The summed E-state index contributed by atoms with van der Waals surface area (Å²) in [4.78, 5) is 29.0. The zero-order valence-electron chi connectivity index (χ0n) is 14.2. The minimum absolute atomic E-state index is 0.0653. The van der Waals surface area contributed by atoms with Gasteiger partial charge in [-0.25, -0.2) is 0 Å². The van der Waals surface area contributed by atoms with E-state index >= 15 is 0 Å². The van der Waals surface area contributed by atoms with Crippen molar-refractivity contribution in [3.63, 3.8) is 0 Å². The molecule has 0 radical (unpaired) electrons. The molecule has 1 N–H and O–H groups in total.